The fraction of sp³-hybridized carbons (Fsp3) is 0.467. The first-order valence-electron chi connectivity index (χ1n) is 6.97. The molecule has 100 valence electrons. The lowest BCUT2D eigenvalue weighted by Crippen LogP contribution is -2.31. The second-order valence-corrected chi connectivity index (χ2v) is 5.27. The van der Waals surface area contributed by atoms with Crippen molar-refractivity contribution in [3.05, 3.63) is 36.2 Å². The average molecular weight is 256 g/mol. The van der Waals surface area contributed by atoms with Gasteiger partial charge in [-0.25, -0.2) is 0 Å². The fourth-order valence-electron chi connectivity index (χ4n) is 2.85. The van der Waals surface area contributed by atoms with Gasteiger partial charge in [-0.05, 0) is 56.0 Å². The van der Waals surface area contributed by atoms with E-state index in [-0.39, 0.29) is 0 Å². The number of nitrogens with zero attached hydrogens (tertiary/aromatic N) is 3. The minimum atomic E-state index is 0.727. The van der Waals surface area contributed by atoms with Crippen molar-refractivity contribution in [2.45, 2.75) is 19.3 Å². The van der Waals surface area contributed by atoms with Gasteiger partial charge in [-0.15, -0.1) is 0 Å². The van der Waals surface area contributed by atoms with E-state index in [1.54, 1.807) is 0 Å². The third kappa shape index (κ3) is 2.68. The topological polar surface area (TPSA) is 42.7 Å². The molecule has 0 saturated carbocycles. The smallest absolute Gasteiger partial charge is 0.0914 e. The van der Waals surface area contributed by atoms with Gasteiger partial charge < -0.3 is 5.32 Å². The van der Waals surface area contributed by atoms with E-state index in [1.165, 1.54) is 18.4 Å². The molecule has 0 aromatic carbocycles. The fourth-order valence-corrected chi connectivity index (χ4v) is 2.85. The van der Waals surface area contributed by atoms with Crippen LogP contribution in [0.4, 0.5) is 0 Å². The summed E-state index contributed by atoms with van der Waals surface area (Å²) in [4.78, 5) is 4.57. The predicted octanol–water partition coefficient (Wildman–Crippen LogP) is 2.02. The summed E-state index contributed by atoms with van der Waals surface area (Å²) in [6.07, 6.45) is 7.39. The zero-order chi connectivity index (χ0) is 13.1. The second kappa shape index (κ2) is 5.53. The first-order chi connectivity index (χ1) is 9.34. The molecule has 2 aromatic heterocycles. The zero-order valence-corrected chi connectivity index (χ0v) is 11.3. The maximum atomic E-state index is 4.57. The van der Waals surface area contributed by atoms with Gasteiger partial charge in [0.2, 0.25) is 0 Å². The summed E-state index contributed by atoms with van der Waals surface area (Å²) in [5.41, 5.74) is 3.51. The molecule has 4 nitrogen and oxygen atoms in total. The SMILES string of the molecule is Cn1nccc1-c1ncccc1C[C@H]1CCCNC1. The van der Waals surface area contributed by atoms with Crippen molar-refractivity contribution in [2.24, 2.45) is 13.0 Å². The molecule has 1 N–H and O–H groups in total. The summed E-state index contributed by atoms with van der Waals surface area (Å²) in [6, 6.07) is 6.26. The lowest BCUT2D eigenvalue weighted by molar-refractivity contribution is 0.376. The van der Waals surface area contributed by atoms with E-state index in [4.69, 9.17) is 0 Å². The number of aromatic nitrogens is 3. The third-order valence-electron chi connectivity index (χ3n) is 3.86. The molecule has 4 heteroatoms. The quantitative estimate of drug-likeness (QED) is 0.913. The molecule has 1 saturated heterocycles. The Morgan fingerprint density at radius 1 is 1.37 bits per heavy atom. The van der Waals surface area contributed by atoms with Gasteiger partial charge in [0.1, 0.15) is 0 Å². The summed E-state index contributed by atoms with van der Waals surface area (Å²) < 4.78 is 1.89. The van der Waals surface area contributed by atoms with E-state index in [2.05, 4.69) is 21.5 Å². The molecule has 1 aliphatic rings. The van der Waals surface area contributed by atoms with E-state index in [9.17, 15) is 0 Å². The first-order valence-corrected chi connectivity index (χ1v) is 6.97. The van der Waals surface area contributed by atoms with Gasteiger partial charge in [-0.3, -0.25) is 9.67 Å². The number of rotatable bonds is 3. The molecule has 0 spiro atoms. The van der Waals surface area contributed by atoms with Crippen molar-refractivity contribution in [3.8, 4) is 11.4 Å². The Morgan fingerprint density at radius 3 is 3.05 bits per heavy atom. The molecule has 3 rings (SSSR count). The van der Waals surface area contributed by atoms with Crippen LogP contribution in [0.15, 0.2) is 30.6 Å². The summed E-state index contributed by atoms with van der Waals surface area (Å²) >= 11 is 0. The predicted molar refractivity (Wildman–Crippen MR) is 75.7 cm³/mol. The highest BCUT2D eigenvalue weighted by atomic mass is 15.3. The molecule has 1 atom stereocenters. The Morgan fingerprint density at radius 2 is 2.32 bits per heavy atom. The zero-order valence-electron chi connectivity index (χ0n) is 11.3. The summed E-state index contributed by atoms with van der Waals surface area (Å²) in [6.45, 7) is 2.29. The van der Waals surface area contributed by atoms with E-state index < -0.39 is 0 Å². The number of hydrogen-bond acceptors (Lipinski definition) is 3. The number of pyridine rings is 1. The Balaban J connectivity index is 1.87. The summed E-state index contributed by atoms with van der Waals surface area (Å²) in [5, 5.41) is 7.73. The van der Waals surface area contributed by atoms with E-state index in [0.29, 0.717) is 0 Å². The number of hydrogen-bond donors (Lipinski definition) is 1. The highest BCUT2D eigenvalue weighted by Gasteiger charge is 2.17. The number of piperidine rings is 1. The molecule has 0 aliphatic carbocycles. The molecule has 0 amide bonds. The highest BCUT2D eigenvalue weighted by molar-refractivity contribution is 5.58. The van der Waals surface area contributed by atoms with Crippen LogP contribution < -0.4 is 5.32 Å². The van der Waals surface area contributed by atoms with Crippen LogP contribution in [0, 0.1) is 5.92 Å². The largest absolute Gasteiger partial charge is 0.316 e. The van der Waals surface area contributed by atoms with E-state index in [0.717, 1.165) is 36.8 Å². The standard InChI is InChI=1S/C15H20N4/c1-19-14(6-9-18-19)15-13(5-3-8-17-15)10-12-4-2-7-16-11-12/h3,5-6,8-9,12,16H,2,4,7,10-11H2,1H3/t12-/m1/s1. The molecule has 0 radical (unpaired) electrons. The minimum absolute atomic E-state index is 0.727. The van der Waals surface area contributed by atoms with Crippen molar-refractivity contribution >= 4 is 0 Å². The lowest BCUT2D eigenvalue weighted by Gasteiger charge is -2.23. The molecule has 3 heterocycles. The van der Waals surface area contributed by atoms with Crippen LogP contribution in [0.2, 0.25) is 0 Å². The van der Waals surface area contributed by atoms with Crippen LogP contribution in [-0.2, 0) is 13.5 Å². The Kier molecular flexibility index (Phi) is 3.60. The normalized spacial score (nSPS) is 19.5. The molecule has 19 heavy (non-hydrogen) atoms. The van der Waals surface area contributed by atoms with Gasteiger partial charge in [0.15, 0.2) is 0 Å². The average Bonchev–Trinajstić information content (AvgIpc) is 2.87. The summed E-state index contributed by atoms with van der Waals surface area (Å²) in [7, 11) is 1.97. The Bertz CT molecular complexity index is 541. The molecule has 2 aromatic rings. The second-order valence-electron chi connectivity index (χ2n) is 5.27. The van der Waals surface area contributed by atoms with Crippen LogP contribution in [0.3, 0.4) is 0 Å². The lowest BCUT2D eigenvalue weighted by atomic mass is 9.91. The molecule has 0 unspecified atom stereocenters. The van der Waals surface area contributed by atoms with Crippen LogP contribution in [-0.4, -0.2) is 27.9 Å². The van der Waals surface area contributed by atoms with E-state index >= 15 is 0 Å². The van der Waals surface area contributed by atoms with Gasteiger partial charge in [0.25, 0.3) is 0 Å². The molecular weight excluding hydrogens is 236 g/mol. The van der Waals surface area contributed by atoms with Crippen LogP contribution in [0.1, 0.15) is 18.4 Å². The maximum absolute atomic E-state index is 4.57. The summed E-state index contributed by atoms with van der Waals surface area (Å²) in [5.74, 6) is 0.727. The van der Waals surface area contributed by atoms with Crippen molar-refractivity contribution in [3.63, 3.8) is 0 Å². The minimum Gasteiger partial charge on any atom is -0.316 e. The van der Waals surface area contributed by atoms with Crippen LogP contribution >= 0.6 is 0 Å². The molecule has 1 aliphatic heterocycles. The van der Waals surface area contributed by atoms with Crippen molar-refractivity contribution in [1.82, 2.24) is 20.1 Å². The molecule has 0 bridgehead atoms. The van der Waals surface area contributed by atoms with E-state index in [1.807, 2.05) is 36.3 Å². The Hall–Kier alpha value is -1.68. The highest BCUT2D eigenvalue weighted by Crippen LogP contribution is 2.24. The van der Waals surface area contributed by atoms with Gasteiger partial charge in [0.05, 0.1) is 11.4 Å². The van der Waals surface area contributed by atoms with Crippen LogP contribution in [0.5, 0.6) is 0 Å². The van der Waals surface area contributed by atoms with Gasteiger partial charge in [-0.1, -0.05) is 6.07 Å². The van der Waals surface area contributed by atoms with Crippen molar-refractivity contribution in [2.75, 3.05) is 13.1 Å². The van der Waals surface area contributed by atoms with Crippen molar-refractivity contribution < 1.29 is 0 Å². The van der Waals surface area contributed by atoms with Crippen molar-refractivity contribution in [1.29, 1.82) is 0 Å². The number of aryl methyl sites for hydroxylation is 1. The Labute approximate surface area is 113 Å². The molecule has 1 fully saturated rings. The third-order valence-corrected chi connectivity index (χ3v) is 3.86. The first kappa shape index (κ1) is 12.4. The van der Waals surface area contributed by atoms with Gasteiger partial charge >= 0.3 is 0 Å². The van der Waals surface area contributed by atoms with Gasteiger partial charge in [-0.2, -0.15) is 5.10 Å². The van der Waals surface area contributed by atoms with Gasteiger partial charge in [0, 0.05) is 19.4 Å². The number of nitrogens with one attached hydrogen (secondary N) is 1. The van der Waals surface area contributed by atoms with Crippen LogP contribution in [0.25, 0.3) is 11.4 Å². The maximum Gasteiger partial charge on any atom is 0.0914 e. The molecular formula is C15H20N4. The monoisotopic (exact) mass is 256 g/mol.